The molecule has 2 aromatic rings. The van der Waals surface area contributed by atoms with Gasteiger partial charge in [-0.2, -0.15) is 0 Å². The van der Waals surface area contributed by atoms with Gasteiger partial charge in [0.05, 0.1) is 4.92 Å². The molecule has 2 atom stereocenters. The van der Waals surface area contributed by atoms with Crippen molar-refractivity contribution in [3.8, 4) is 0 Å². The minimum absolute atomic E-state index is 0. The Labute approximate surface area is 150 Å². The summed E-state index contributed by atoms with van der Waals surface area (Å²) in [6, 6.07) is 5.98. The van der Waals surface area contributed by atoms with Gasteiger partial charge in [0.1, 0.15) is 5.58 Å². The molecule has 1 aromatic heterocycles. The Morgan fingerprint density at radius 2 is 1.88 bits per heavy atom. The summed E-state index contributed by atoms with van der Waals surface area (Å²) in [5.41, 5.74) is 0.497. The molecule has 2 saturated heterocycles. The Bertz CT molecular complexity index is 792. The third-order valence-electron chi connectivity index (χ3n) is 5.23. The molecule has 0 radical (unpaired) electrons. The normalized spacial score (nSPS) is 23.0. The maximum Gasteiger partial charge on any atom is 0.289 e. The first-order valence-corrected chi connectivity index (χ1v) is 8.30. The maximum atomic E-state index is 12.7. The molecule has 2 fully saturated rings. The maximum absolute atomic E-state index is 12.7. The Kier molecular flexibility index (Phi) is 4.96. The van der Waals surface area contributed by atoms with Crippen LogP contribution in [0.15, 0.2) is 28.7 Å². The summed E-state index contributed by atoms with van der Waals surface area (Å²) in [5, 5.41) is 14.9. The Morgan fingerprint density at radius 3 is 2.52 bits per heavy atom. The van der Waals surface area contributed by atoms with Crippen LogP contribution in [0.5, 0.6) is 0 Å². The fourth-order valence-electron chi connectivity index (χ4n) is 3.83. The molecule has 1 N–H and O–H groups in total. The van der Waals surface area contributed by atoms with Crippen LogP contribution in [0.2, 0.25) is 0 Å². The largest absolute Gasteiger partial charge is 0.451 e. The van der Waals surface area contributed by atoms with Crippen LogP contribution in [-0.4, -0.2) is 41.9 Å². The van der Waals surface area contributed by atoms with Crippen molar-refractivity contribution in [3.05, 3.63) is 40.1 Å². The van der Waals surface area contributed by atoms with E-state index in [2.05, 4.69) is 5.32 Å². The number of carbonyl (C=O) groups excluding carboxylic acids is 1. The zero-order valence-electron chi connectivity index (χ0n) is 13.6. The molecule has 2 aliphatic rings. The van der Waals surface area contributed by atoms with Crippen molar-refractivity contribution in [3.63, 3.8) is 0 Å². The molecular formula is C17H20ClN3O4. The minimum Gasteiger partial charge on any atom is -0.451 e. The van der Waals surface area contributed by atoms with Crippen LogP contribution in [0.3, 0.4) is 0 Å². The van der Waals surface area contributed by atoms with E-state index in [0.717, 1.165) is 39.0 Å². The predicted octanol–water partition coefficient (Wildman–Crippen LogP) is 2.83. The lowest BCUT2D eigenvalue weighted by atomic mass is 9.92. The Balaban J connectivity index is 0.00000182. The van der Waals surface area contributed by atoms with E-state index in [0.29, 0.717) is 22.8 Å². The monoisotopic (exact) mass is 365 g/mol. The van der Waals surface area contributed by atoms with Crippen molar-refractivity contribution in [2.75, 3.05) is 26.2 Å². The summed E-state index contributed by atoms with van der Waals surface area (Å²) < 4.78 is 5.63. The number of furan rings is 1. The second-order valence-corrected chi connectivity index (χ2v) is 6.64. The molecule has 1 amide bonds. The number of non-ortho nitro benzene ring substituents is 1. The number of carbonyl (C=O) groups is 1. The summed E-state index contributed by atoms with van der Waals surface area (Å²) in [5.74, 6) is 1.44. The van der Waals surface area contributed by atoms with Gasteiger partial charge in [-0.15, -0.1) is 12.4 Å². The standard InChI is InChI=1S/C17H19N3O4.ClH/c21-17(19-5-3-11-9-18-10-12(11)4-6-19)16-8-13-7-14(20(22)23)1-2-15(13)24-16;/h1-2,7-8,11-12,18H,3-6,9-10H2;1H/t11-,12+;. The molecule has 0 saturated carbocycles. The molecule has 7 nitrogen and oxygen atoms in total. The minimum atomic E-state index is -0.449. The van der Waals surface area contributed by atoms with Gasteiger partial charge < -0.3 is 14.6 Å². The number of hydrogen-bond acceptors (Lipinski definition) is 5. The average molecular weight is 366 g/mol. The van der Waals surface area contributed by atoms with Crippen LogP contribution in [0.1, 0.15) is 23.4 Å². The quantitative estimate of drug-likeness (QED) is 0.653. The van der Waals surface area contributed by atoms with Crippen molar-refractivity contribution in [2.45, 2.75) is 12.8 Å². The summed E-state index contributed by atoms with van der Waals surface area (Å²) >= 11 is 0. The predicted molar refractivity (Wildman–Crippen MR) is 95.1 cm³/mol. The smallest absolute Gasteiger partial charge is 0.289 e. The molecule has 0 bridgehead atoms. The van der Waals surface area contributed by atoms with Crippen molar-refractivity contribution in [1.82, 2.24) is 10.2 Å². The van der Waals surface area contributed by atoms with Gasteiger partial charge in [0.15, 0.2) is 5.76 Å². The number of amides is 1. The van der Waals surface area contributed by atoms with Crippen molar-refractivity contribution >= 4 is 35.0 Å². The second-order valence-electron chi connectivity index (χ2n) is 6.64. The first kappa shape index (κ1) is 17.7. The van der Waals surface area contributed by atoms with Crippen molar-refractivity contribution in [2.24, 2.45) is 11.8 Å². The van der Waals surface area contributed by atoms with E-state index in [9.17, 15) is 14.9 Å². The molecular weight excluding hydrogens is 346 g/mol. The number of benzene rings is 1. The van der Waals surface area contributed by atoms with Gasteiger partial charge in [0.25, 0.3) is 11.6 Å². The first-order valence-electron chi connectivity index (χ1n) is 8.30. The van der Waals surface area contributed by atoms with Crippen LogP contribution >= 0.6 is 12.4 Å². The van der Waals surface area contributed by atoms with Gasteiger partial charge in [-0.05, 0) is 49.9 Å². The van der Waals surface area contributed by atoms with E-state index in [1.807, 2.05) is 4.90 Å². The number of nitro groups is 1. The number of nitrogens with zero attached hydrogens (tertiary/aromatic N) is 2. The van der Waals surface area contributed by atoms with Gasteiger partial charge in [0, 0.05) is 30.6 Å². The fraction of sp³-hybridized carbons (Fsp3) is 0.471. The highest BCUT2D eigenvalue weighted by Gasteiger charge is 2.32. The van der Waals surface area contributed by atoms with Crippen LogP contribution in [0.4, 0.5) is 5.69 Å². The van der Waals surface area contributed by atoms with Gasteiger partial charge in [-0.1, -0.05) is 0 Å². The highest BCUT2D eigenvalue weighted by Crippen LogP contribution is 2.29. The van der Waals surface area contributed by atoms with Crippen LogP contribution in [0, 0.1) is 22.0 Å². The topological polar surface area (TPSA) is 88.6 Å². The molecule has 25 heavy (non-hydrogen) atoms. The summed E-state index contributed by atoms with van der Waals surface area (Å²) in [6.45, 7) is 3.56. The second kappa shape index (κ2) is 7.01. The van der Waals surface area contributed by atoms with Gasteiger partial charge in [-0.3, -0.25) is 14.9 Å². The van der Waals surface area contributed by atoms with Crippen LogP contribution in [0.25, 0.3) is 11.0 Å². The van der Waals surface area contributed by atoms with E-state index in [1.54, 1.807) is 12.1 Å². The van der Waals surface area contributed by atoms with E-state index in [-0.39, 0.29) is 29.8 Å². The molecule has 8 heteroatoms. The number of halogens is 1. The summed E-state index contributed by atoms with van der Waals surface area (Å²) in [7, 11) is 0. The zero-order chi connectivity index (χ0) is 16.7. The number of rotatable bonds is 2. The third kappa shape index (κ3) is 3.34. The molecule has 1 aromatic carbocycles. The lowest BCUT2D eigenvalue weighted by Crippen LogP contribution is -2.32. The highest BCUT2D eigenvalue weighted by molar-refractivity contribution is 5.96. The molecule has 0 aliphatic carbocycles. The molecule has 2 aliphatic heterocycles. The molecule has 0 unspecified atom stereocenters. The Morgan fingerprint density at radius 1 is 1.20 bits per heavy atom. The van der Waals surface area contributed by atoms with Gasteiger partial charge in [-0.25, -0.2) is 0 Å². The van der Waals surface area contributed by atoms with Crippen LogP contribution in [-0.2, 0) is 0 Å². The number of likely N-dealkylation sites (tertiary alicyclic amines) is 1. The number of nitrogens with one attached hydrogen (secondary N) is 1. The summed E-state index contributed by atoms with van der Waals surface area (Å²) in [6.07, 6.45) is 2.02. The number of fused-ring (bicyclic) bond motifs is 2. The zero-order valence-corrected chi connectivity index (χ0v) is 14.5. The highest BCUT2D eigenvalue weighted by atomic mass is 35.5. The van der Waals surface area contributed by atoms with Crippen molar-refractivity contribution in [1.29, 1.82) is 0 Å². The van der Waals surface area contributed by atoms with Gasteiger partial charge in [0.2, 0.25) is 0 Å². The third-order valence-corrected chi connectivity index (χ3v) is 5.23. The summed E-state index contributed by atoms with van der Waals surface area (Å²) in [4.78, 5) is 25.0. The van der Waals surface area contributed by atoms with Crippen LogP contribution < -0.4 is 5.32 Å². The SMILES string of the molecule is Cl.O=C(c1cc2cc([N+](=O)[O-])ccc2o1)N1CC[C@@H]2CNC[C@@H]2CC1. The first-order chi connectivity index (χ1) is 11.6. The number of nitro benzene ring substituents is 1. The Hall–Kier alpha value is -2.12. The van der Waals surface area contributed by atoms with E-state index in [1.165, 1.54) is 12.1 Å². The lowest BCUT2D eigenvalue weighted by Gasteiger charge is -2.19. The van der Waals surface area contributed by atoms with E-state index < -0.39 is 4.92 Å². The van der Waals surface area contributed by atoms with Crippen molar-refractivity contribution < 1.29 is 14.1 Å². The average Bonchev–Trinajstić information content (AvgIpc) is 3.15. The molecule has 3 heterocycles. The molecule has 0 spiro atoms. The number of hydrogen-bond donors (Lipinski definition) is 1. The van der Waals surface area contributed by atoms with E-state index in [4.69, 9.17) is 4.42 Å². The van der Waals surface area contributed by atoms with E-state index >= 15 is 0 Å². The fourth-order valence-corrected chi connectivity index (χ4v) is 3.83. The van der Waals surface area contributed by atoms with Gasteiger partial charge >= 0.3 is 0 Å². The lowest BCUT2D eigenvalue weighted by molar-refractivity contribution is -0.384. The molecule has 134 valence electrons. The molecule has 4 rings (SSSR count).